The lowest BCUT2D eigenvalue weighted by atomic mass is 9.97. The molecule has 4 rings (SSSR count). The number of nitrogens with one attached hydrogen (secondary N) is 1. The Bertz CT molecular complexity index is 863. The summed E-state index contributed by atoms with van der Waals surface area (Å²) in [6.07, 6.45) is 3.50. The first kappa shape index (κ1) is 17.7. The summed E-state index contributed by atoms with van der Waals surface area (Å²) in [6, 6.07) is 3.59. The molecule has 0 radical (unpaired) electrons. The number of nitrogens with zero attached hydrogens (tertiary/aromatic N) is 4. The Kier molecular flexibility index (Phi) is 4.93. The minimum absolute atomic E-state index is 0.0393. The lowest BCUT2D eigenvalue weighted by Gasteiger charge is -2.33. The van der Waals surface area contributed by atoms with Gasteiger partial charge in [-0.1, -0.05) is 0 Å². The molecule has 0 spiro atoms. The van der Waals surface area contributed by atoms with E-state index in [0.717, 1.165) is 31.7 Å². The zero-order valence-electron chi connectivity index (χ0n) is 15.3. The maximum atomic E-state index is 13.0. The second-order valence-corrected chi connectivity index (χ2v) is 7.07. The van der Waals surface area contributed by atoms with E-state index < -0.39 is 5.76 Å². The molecule has 0 saturated carbocycles. The van der Waals surface area contributed by atoms with E-state index in [-0.39, 0.29) is 17.9 Å². The largest absolute Gasteiger partial charge is 0.434 e. The number of H-pyrrole nitrogens is 1. The lowest BCUT2D eigenvalue weighted by Crippen LogP contribution is -2.42. The molecule has 1 amide bonds. The summed E-state index contributed by atoms with van der Waals surface area (Å²) in [5.41, 5.74) is 0.614. The quantitative estimate of drug-likeness (QED) is 0.856. The van der Waals surface area contributed by atoms with E-state index in [0.29, 0.717) is 31.2 Å². The van der Waals surface area contributed by atoms with E-state index in [1.165, 1.54) is 0 Å². The fraction of sp³-hybridized carbons (Fsp3) is 0.556. The maximum absolute atomic E-state index is 13.0. The van der Waals surface area contributed by atoms with Gasteiger partial charge >= 0.3 is 5.76 Å². The molecule has 2 aliphatic rings. The van der Waals surface area contributed by atoms with E-state index in [2.05, 4.69) is 20.1 Å². The Morgan fingerprint density at radius 3 is 3.00 bits per heavy atom. The normalized spacial score (nSPS) is 23.4. The van der Waals surface area contributed by atoms with Crippen LogP contribution in [0.15, 0.2) is 27.5 Å². The van der Waals surface area contributed by atoms with Gasteiger partial charge in [0, 0.05) is 37.9 Å². The molecular formula is C18H23N5O4. The first-order chi connectivity index (χ1) is 13.1. The number of pyridine rings is 1. The molecule has 0 aliphatic carbocycles. The van der Waals surface area contributed by atoms with Crippen molar-refractivity contribution in [1.82, 2.24) is 20.1 Å². The molecule has 27 heavy (non-hydrogen) atoms. The van der Waals surface area contributed by atoms with Crippen LogP contribution in [-0.4, -0.2) is 64.9 Å². The number of hydrogen-bond donors (Lipinski definition) is 1. The van der Waals surface area contributed by atoms with Crippen LogP contribution in [0.4, 0.5) is 5.82 Å². The average Bonchev–Trinajstić information content (AvgIpc) is 3.14. The van der Waals surface area contributed by atoms with Crippen LogP contribution in [-0.2, 0) is 4.74 Å². The molecule has 0 aromatic carbocycles. The van der Waals surface area contributed by atoms with Crippen LogP contribution in [0.1, 0.15) is 41.9 Å². The molecule has 2 saturated heterocycles. The Morgan fingerprint density at radius 1 is 1.33 bits per heavy atom. The topological polar surface area (TPSA) is 105 Å². The highest BCUT2D eigenvalue weighted by Crippen LogP contribution is 2.26. The molecule has 9 heteroatoms. The van der Waals surface area contributed by atoms with Gasteiger partial charge in [-0.25, -0.2) is 14.9 Å². The van der Waals surface area contributed by atoms with Crippen molar-refractivity contribution in [2.75, 3.05) is 37.7 Å². The molecule has 144 valence electrons. The third-order valence-corrected chi connectivity index (χ3v) is 5.07. The van der Waals surface area contributed by atoms with Crippen LogP contribution >= 0.6 is 0 Å². The number of rotatable bonds is 3. The number of aromatic nitrogens is 3. The predicted octanol–water partition coefficient (Wildman–Crippen LogP) is 1.00. The number of ether oxygens (including phenoxy) is 1. The van der Waals surface area contributed by atoms with Crippen molar-refractivity contribution >= 4 is 11.7 Å². The Morgan fingerprint density at radius 2 is 2.22 bits per heavy atom. The Labute approximate surface area is 156 Å². The molecule has 1 N–H and O–H groups in total. The van der Waals surface area contributed by atoms with E-state index in [9.17, 15) is 9.59 Å². The summed E-state index contributed by atoms with van der Waals surface area (Å²) >= 11 is 0. The van der Waals surface area contributed by atoms with Gasteiger partial charge in [0.1, 0.15) is 5.82 Å². The van der Waals surface area contributed by atoms with Crippen molar-refractivity contribution in [2.24, 2.45) is 0 Å². The zero-order chi connectivity index (χ0) is 18.8. The smallest absolute Gasteiger partial charge is 0.392 e. The summed E-state index contributed by atoms with van der Waals surface area (Å²) < 4.78 is 10.7. The number of amides is 1. The van der Waals surface area contributed by atoms with Crippen molar-refractivity contribution in [1.29, 1.82) is 0 Å². The van der Waals surface area contributed by atoms with Gasteiger partial charge in [-0.05, 0) is 31.9 Å². The number of carbonyl (C=O) groups is 1. The molecule has 2 fully saturated rings. The molecule has 4 heterocycles. The summed E-state index contributed by atoms with van der Waals surface area (Å²) in [4.78, 5) is 32.6. The fourth-order valence-electron chi connectivity index (χ4n) is 3.71. The van der Waals surface area contributed by atoms with Crippen LogP contribution in [0.25, 0.3) is 0 Å². The van der Waals surface area contributed by atoms with Gasteiger partial charge in [0.05, 0.1) is 18.6 Å². The standard InChI is InChI=1S/C18H23N5O4/c1-12-10-22(7-8-26-12)15-9-13(4-5-19-15)17(24)23-6-2-3-14(11-23)16-20-21-18(25)27-16/h4-5,9,12,14H,2-3,6-8,10-11H2,1H3,(H,21,25). The van der Waals surface area contributed by atoms with Gasteiger partial charge in [0.15, 0.2) is 0 Å². The summed E-state index contributed by atoms with van der Waals surface area (Å²) in [5, 5.41) is 6.21. The molecule has 2 unspecified atom stereocenters. The van der Waals surface area contributed by atoms with Crippen LogP contribution in [0, 0.1) is 0 Å². The number of morpholine rings is 1. The van der Waals surface area contributed by atoms with Crippen molar-refractivity contribution in [3.05, 3.63) is 40.3 Å². The second-order valence-electron chi connectivity index (χ2n) is 7.07. The van der Waals surface area contributed by atoms with Gasteiger partial charge in [0.25, 0.3) is 5.91 Å². The van der Waals surface area contributed by atoms with E-state index in [4.69, 9.17) is 9.15 Å². The van der Waals surface area contributed by atoms with Gasteiger partial charge in [0.2, 0.25) is 5.89 Å². The zero-order valence-corrected chi connectivity index (χ0v) is 15.3. The SMILES string of the molecule is CC1CN(c2cc(C(=O)N3CCCC(c4n[nH]c(=O)o4)C3)ccn2)CCO1. The molecule has 2 aliphatic heterocycles. The second kappa shape index (κ2) is 7.51. The number of carbonyl (C=O) groups excluding carboxylic acids is 1. The highest BCUT2D eigenvalue weighted by Gasteiger charge is 2.29. The van der Waals surface area contributed by atoms with Crippen molar-refractivity contribution < 1.29 is 13.9 Å². The minimum Gasteiger partial charge on any atom is -0.392 e. The summed E-state index contributed by atoms with van der Waals surface area (Å²) in [6.45, 7) is 5.37. The monoisotopic (exact) mass is 373 g/mol. The average molecular weight is 373 g/mol. The summed E-state index contributed by atoms with van der Waals surface area (Å²) in [5.74, 6) is 0.496. The van der Waals surface area contributed by atoms with Crippen molar-refractivity contribution in [2.45, 2.75) is 31.8 Å². The van der Waals surface area contributed by atoms with Gasteiger partial charge in [-0.2, -0.15) is 0 Å². The number of aromatic amines is 1. The molecule has 0 bridgehead atoms. The van der Waals surface area contributed by atoms with E-state index >= 15 is 0 Å². The van der Waals surface area contributed by atoms with Gasteiger partial charge < -0.3 is 19.0 Å². The van der Waals surface area contributed by atoms with Crippen LogP contribution < -0.4 is 10.7 Å². The third-order valence-electron chi connectivity index (χ3n) is 5.07. The Balaban J connectivity index is 1.48. The lowest BCUT2D eigenvalue weighted by molar-refractivity contribution is 0.0529. The highest BCUT2D eigenvalue weighted by molar-refractivity contribution is 5.95. The Hall–Kier alpha value is -2.68. The van der Waals surface area contributed by atoms with Crippen LogP contribution in [0.3, 0.4) is 0 Å². The first-order valence-corrected chi connectivity index (χ1v) is 9.27. The predicted molar refractivity (Wildman–Crippen MR) is 96.9 cm³/mol. The minimum atomic E-state index is -0.563. The third kappa shape index (κ3) is 3.87. The van der Waals surface area contributed by atoms with Crippen LogP contribution in [0.2, 0.25) is 0 Å². The number of likely N-dealkylation sites (tertiary alicyclic amines) is 1. The number of hydrogen-bond acceptors (Lipinski definition) is 7. The fourth-order valence-corrected chi connectivity index (χ4v) is 3.71. The molecule has 2 aromatic rings. The van der Waals surface area contributed by atoms with Crippen molar-refractivity contribution in [3.8, 4) is 0 Å². The summed E-state index contributed by atoms with van der Waals surface area (Å²) in [7, 11) is 0. The highest BCUT2D eigenvalue weighted by atomic mass is 16.5. The van der Waals surface area contributed by atoms with E-state index in [1.807, 2.05) is 13.0 Å². The number of piperidine rings is 1. The van der Waals surface area contributed by atoms with Gasteiger partial charge in [-0.15, -0.1) is 5.10 Å². The van der Waals surface area contributed by atoms with Crippen molar-refractivity contribution in [3.63, 3.8) is 0 Å². The first-order valence-electron chi connectivity index (χ1n) is 9.27. The molecule has 2 atom stereocenters. The molecule has 9 nitrogen and oxygen atoms in total. The van der Waals surface area contributed by atoms with Gasteiger partial charge in [-0.3, -0.25) is 4.79 Å². The number of anilines is 1. The maximum Gasteiger partial charge on any atom is 0.434 e. The van der Waals surface area contributed by atoms with Crippen LogP contribution in [0.5, 0.6) is 0 Å². The van der Waals surface area contributed by atoms with E-state index in [1.54, 1.807) is 17.2 Å². The molecule has 2 aromatic heterocycles. The molecular weight excluding hydrogens is 350 g/mol.